The molecule has 10 heteroatoms. The molecule has 0 aromatic rings. The molecule has 0 saturated heterocycles. The van der Waals surface area contributed by atoms with Crippen molar-refractivity contribution in [2.24, 2.45) is 11.8 Å². The van der Waals surface area contributed by atoms with Crippen LogP contribution in [-0.2, 0) is 14.3 Å². The first kappa shape index (κ1) is 30.4. The molecule has 2 aliphatic rings. The van der Waals surface area contributed by atoms with Gasteiger partial charge in [-0.05, 0) is 39.0 Å². The summed E-state index contributed by atoms with van der Waals surface area (Å²) in [6.07, 6.45) is 5.72. The third-order valence-electron chi connectivity index (χ3n) is 5.78. The van der Waals surface area contributed by atoms with Crippen molar-refractivity contribution in [3.05, 3.63) is 0 Å². The SMILES string of the molecule is CC(C)(C)OC(=O)NC(CC1CCC1)C(O)C#N.COC(=O)C(O)C([NH3+])CC1CCC1.[Cl-]. The summed E-state index contributed by atoms with van der Waals surface area (Å²) >= 11 is 0. The molecule has 0 spiro atoms. The molecule has 6 N–H and O–H groups in total. The number of carbonyl (C=O) groups is 2. The number of ether oxygens (including phenoxy) is 2. The Balaban J connectivity index is 0.000000611. The highest BCUT2D eigenvalue weighted by molar-refractivity contribution is 5.74. The normalized spacial score (nSPS) is 19.7. The van der Waals surface area contributed by atoms with Crippen LogP contribution in [0.5, 0.6) is 0 Å². The van der Waals surface area contributed by atoms with Gasteiger partial charge in [-0.15, -0.1) is 0 Å². The van der Waals surface area contributed by atoms with Crippen LogP contribution in [0.1, 0.15) is 72.1 Å². The number of hydrogen-bond donors (Lipinski definition) is 4. The number of methoxy groups -OCH3 is 1. The summed E-state index contributed by atoms with van der Waals surface area (Å²) in [4.78, 5) is 22.6. The highest BCUT2D eigenvalue weighted by Crippen LogP contribution is 2.31. The third-order valence-corrected chi connectivity index (χ3v) is 5.78. The van der Waals surface area contributed by atoms with E-state index >= 15 is 0 Å². The second kappa shape index (κ2) is 14.5. The summed E-state index contributed by atoms with van der Waals surface area (Å²) in [6, 6.07) is 1.00. The summed E-state index contributed by atoms with van der Waals surface area (Å²) < 4.78 is 9.56. The first-order valence-corrected chi connectivity index (χ1v) is 11.1. The Labute approximate surface area is 197 Å². The first-order valence-electron chi connectivity index (χ1n) is 11.1. The number of nitrogens with one attached hydrogen (secondary N) is 1. The van der Waals surface area contributed by atoms with Crippen molar-refractivity contribution in [1.29, 1.82) is 5.26 Å². The lowest BCUT2D eigenvalue weighted by molar-refractivity contribution is -0.438. The van der Waals surface area contributed by atoms with Gasteiger partial charge in [0.05, 0.1) is 19.2 Å². The molecule has 9 nitrogen and oxygen atoms in total. The molecule has 4 atom stereocenters. The number of alkyl carbamates (subject to hydrolysis) is 1. The van der Waals surface area contributed by atoms with E-state index in [1.807, 2.05) is 0 Å². The van der Waals surface area contributed by atoms with Gasteiger partial charge in [0.1, 0.15) is 11.6 Å². The number of hydrogen-bond acceptors (Lipinski definition) is 7. The Bertz CT molecular complexity index is 614. The highest BCUT2D eigenvalue weighted by atomic mass is 35.5. The second-order valence-electron chi connectivity index (χ2n) is 9.62. The lowest BCUT2D eigenvalue weighted by atomic mass is 9.80. The van der Waals surface area contributed by atoms with Crippen LogP contribution in [0.4, 0.5) is 4.79 Å². The quantitative estimate of drug-likeness (QED) is 0.239. The van der Waals surface area contributed by atoms with Crippen LogP contribution >= 0.6 is 0 Å². The van der Waals surface area contributed by atoms with E-state index in [1.54, 1.807) is 26.8 Å². The fraction of sp³-hybridized carbons (Fsp3) is 0.864. The van der Waals surface area contributed by atoms with Crippen LogP contribution < -0.4 is 23.5 Å². The summed E-state index contributed by atoms with van der Waals surface area (Å²) in [5, 5.41) is 30.4. The molecule has 4 unspecified atom stereocenters. The maximum Gasteiger partial charge on any atom is 0.407 e. The fourth-order valence-electron chi connectivity index (χ4n) is 3.50. The summed E-state index contributed by atoms with van der Waals surface area (Å²) in [5.41, 5.74) is 3.20. The van der Waals surface area contributed by atoms with E-state index in [1.165, 1.54) is 32.8 Å². The Morgan fingerprint density at radius 1 is 1.12 bits per heavy atom. The van der Waals surface area contributed by atoms with E-state index in [-0.39, 0.29) is 18.4 Å². The predicted octanol–water partition coefficient (Wildman–Crippen LogP) is -1.72. The lowest BCUT2D eigenvalue weighted by Gasteiger charge is -2.31. The van der Waals surface area contributed by atoms with Gasteiger partial charge >= 0.3 is 12.1 Å². The van der Waals surface area contributed by atoms with Crippen LogP contribution in [0.25, 0.3) is 0 Å². The Morgan fingerprint density at radius 3 is 2.00 bits per heavy atom. The Hall–Kier alpha value is -1.60. The molecule has 2 fully saturated rings. The van der Waals surface area contributed by atoms with E-state index in [0.29, 0.717) is 18.3 Å². The predicted molar refractivity (Wildman–Crippen MR) is 113 cm³/mol. The number of amides is 1. The number of rotatable bonds is 8. The number of nitrogens with zero attached hydrogens (tertiary/aromatic N) is 1. The maximum absolute atomic E-state index is 11.6. The van der Waals surface area contributed by atoms with Gasteiger partial charge in [0.15, 0.2) is 6.10 Å². The van der Waals surface area contributed by atoms with Crippen LogP contribution in [-0.4, -0.2) is 59.3 Å². The molecule has 0 aliphatic heterocycles. The van der Waals surface area contributed by atoms with Crippen LogP contribution in [0.15, 0.2) is 0 Å². The molecule has 1 amide bonds. The van der Waals surface area contributed by atoms with Crippen molar-refractivity contribution >= 4 is 12.1 Å². The molecule has 2 saturated carbocycles. The molecule has 2 rings (SSSR count). The number of aliphatic hydroxyl groups is 2. The number of carbonyl (C=O) groups excluding carboxylic acids is 2. The van der Waals surface area contributed by atoms with Gasteiger partial charge in [0, 0.05) is 6.42 Å². The molecule has 2 aliphatic carbocycles. The van der Waals surface area contributed by atoms with E-state index in [9.17, 15) is 19.8 Å². The molecule has 0 heterocycles. The fourth-order valence-corrected chi connectivity index (χ4v) is 3.50. The zero-order valence-electron chi connectivity index (χ0n) is 19.7. The van der Waals surface area contributed by atoms with E-state index in [2.05, 4.69) is 15.8 Å². The molecule has 0 aromatic heterocycles. The van der Waals surface area contributed by atoms with Gasteiger partial charge in [-0.3, -0.25) is 0 Å². The average Bonchev–Trinajstić information content (AvgIpc) is 2.63. The summed E-state index contributed by atoms with van der Waals surface area (Å²) in [6.45, 7) is 5.32. The van der Waals surface area contributed by atoms with Gasteiger partial charge in [0.2, 0.25) is 6.10 Å². The average molecular weight is 478 g/mol. The summed E-state index contributed by atoms with van der Waals surface area (Å²) in [5.74, 6) is 0.578. The molecular weight excluding hydrogens is 438 g/mol. The standard InChI is InChI=1S/C13H22N2O3.C9H17NO3.ClH/c1-13(2,3)18-12(17)15-10(11(16)8-14)7-9-5-4-6-9;1-13-9(12)8(11)7(10)5-6-3-2-4-6;/h9-11,16H,4-7H2,1-3H3,(H,15,17);6-8,11H,2-5,10H2,1H3;1H. The Kier molecular flexibility index (Phi) is 13.8. The van der Waals surface area contributed by atoms with E-state index in [0.717, 1.165) is 19.3 Å². The topological polar surface area (TPSA) is 157 Å². The molecule has 0 radical (unpaired) electrons. The number of aliphatic hydroxyl groups excluding tert-OH is 2. The highest BCUT2D eigenvalue weighted by Gasteiger charge is 2.31. The van der Waals surface area contributed by atoms with Crippen LogP contribution in [0.3, 0.4) is 0 Å². The summed E-state index contributed by atoms with van der Waals surface area (Å²) in [7, 11) is 1.28. The minimum absolute atomic E-state index is 0. The van der Waals surface area contributed by atoms with Crippen molar-refractivity contribution in [1.82, 2.24) is 5.32 Å². The second-order valence-corrected chi connectivity index (χ2v) is 9.62. The van der Waals surface area contributed by atoms with Crippen molar-refractivity contribution in [3.8, 4) is 6.07 Å². The lowest BCUT2D eigenvalue weighted by Crippen LogP contribution is -3.00. The zero-order valence-corrected chi connectivity index (χ0v) is 20.4. The molecule has 32 heavy (non-hydrogen) atoms. The van der Waals surface area contributed by atoms with Gasteiger partial charge in [-0.1, -0.05) is 38.5 Å². The molecule has 0 aromatic carbocycles. The maximum atomic E-state index is 11.6. The molecular formula is C22H40ClN3O6. The molecule has 186 valence electrons. The number of nitriles is 1. The van der Waals surface area contributed by atoms with Gasteiger partial charge in [-0.2, -0.15) is 5.26 Å². The largest absolute Gasteiger partial charge is 1.00 e. The zero-order chi connectivity index (χ0) is 23.6. The van der Waals surface area contributed by atoms with Crippen LogP contribution in [0.2, 0.25) is 0 Å². The van der Waals surface area contributed by atoms with E-state index < -0.39 is 35.9 Å². The van der Waals surface area contributed by atoms with Crippen molar-refractivity contribution in [3.63, 3.8) is 0 Å². The van der Waals surface area contributed by atoms with Crippen molar-refractivity contribution in [2.45, 2.75) is 102 Å². The van der Waals surface area contributed by atoms with E-state index in [4.69, 9.17) is 10.00 Å². The third kappa shape index (κ3) is 11.3. The smallest absolute Gasteiger partial charge is 0.407 e. The monoisotopic (exact) mass is 477 g/mol. The molecule has 0 bridgehead atoms. The number of esters is 1. The minimum atomic E-state index is -1.18. The van der Waals surface area contributed by atoms with Crippen LogP contribution in [0, 0.1) is 23.2 Å². The minimum Gasteiger partial charge on any atom is -1.00 e. The van der Waals surface area contributed by atoms with Gasteiger partial charge < -0.3 is 43.1 Å². The number of quaternary nitrogens is 1. The first-order chi connectivity index (χ1) is 14.5. The number of halogens is 1. The van der Waals surface area contributed by atoms with Crippen molar-refractivity contribution in [2.75, 3.05) is 7.11 Å². The van der Waals surface area contributed by atoms with Crippen molar-refractivity contribution < 1.29 is 47.4 Å². The Morgan fingerprint density at radius 2 is 1.62 bits per heavy atom. The van der Waals surface area contributed by atoms with Gasteiger partial charge in [0.25, 0.3) is 0 Å². The van der Waals surface area contributed by atoms with Gasteiger partial charge in [-0.25, -0.2) is 9.59 Å².